The van der Waals surface area contributed by atoms with Gasteiger partial charge in [-0.05, 0) is 17.7 Å². The van der Waals surface area contributed by atoms with Gasteiger partial charge in [0.1, 0.15) is 5.75 Å². The Balaban J connectivity index is 1.99. The number of carbonyl (C=O) groups is 1. The Morgan fingerprint density at radius 1 is 1.32 bits per heavy atom. The predicted molar refractivity (Wildman–Crippen MR) is 72.1 cm³/mol. The molecular formula is C14H14F3N3O2. The van der Waals surface area contributed by atoms with Crippen molar-refractivity contribution in [2.75, 3.05) is 7.05 Å². The summed E-state index contributed by atoms with van der Waals surface area (Å²) in [7, 11) is 3.31. The summed E-state index contributed by atoms with van der Waals surface area (Å²) >= 11 is 0. The van der Waals surface area contributed by atoms with E-state index < -0.39 is 6.36 Å². The quantitative estimate of drug-likeness (QED) is 0.871. The Bertz CT molecular complexity index is 650. The van der Waals surface area contributed by atoms with Crippen molar-refractivity contribution in [2.24, 2.45) is 7.05 Å². The molecule has 2 rings (SSSR count). The number of hydrogen-bond donors (Lipinski definition) is 0. The maximum Gasteiger partial charge on any atom is 0.573 e. The number of halogens is 3. The van der Waals surface area contributed by atoms with Gasteiger partial charge in [-0.3, -0.25) is 9.48 Å². The number of alkyl halides is 3. The van der Waals surface area contributed by atoms with Crippen molar-refractivity contribution in [1.29, 1.82) is 0 Å². The number of rotatable bonds is 4. The van der Waals surface area contributed by atoms with Crippen molar-refractivity contribution < 1.29 is 22.7 Å². The lowest BCUT2D eigenvalue weighted by molar-refractivity contribution is -0.274. The molecule has 0 N–H and O–H groups in total. The minimum atomic E-state index is -4.71. The van der Waals surface area contributed by atoms with E-state index in [2.05, 4.69) is 9.84 Å². The first-order chi connectivity index (χ1) is 10.2. The molecule has 0 saturated heterocycles. The second kappa shape index (κ2) is 6.08. The third kappa shape index (κ3) is 4.24. The van der Waals surface area contributed by atoms with Gasteiger partial charge in [0.2, 0.25) is 0 Å². The van der Waals surface area contributed by atoms with E-state index in [9.17, 15) is 18.0 Å². The van der Waals surface area contributed by atoms with Gasteiger partial charge in [0.05, 0.1) is 11.8 Å². The van der Waals surface area contributed by atoms with Crippen LogP contribution in [0.15, 0.2) is 36.7 Å². The smallest absolute Gasteiger partial charge is 0.406 e. The average molecular weight is 313 g/mol. The van der Waals surface area contributed by atoms with Crippen LogP contribution in [-0.4, -0.2) is 34.0 Å². The molecule has 0 unspecified atom stereocenters. The lowest BCUT2D eigenvalue weighted by Gasteiger charge is -2.16. The third-order valence-electron chi connectivity index (χ3n) is 2.88. The van der Waals surface area contributed by atoms with E-state index >= 15 is 0 Å². The Kier molecular flexibility index (Phi) is 4.39. The summed E-state index contributed by atoms with van der Waals surface area (Å²) in [4.78, 5) is 13.6. The zero-order valence-electron chi connectivity index (χ0n) is 12.0. The van der Waals surface area contributed by atoms with Crippen LogP contribution in [0.4, 0.5) is 13.2 Å². The van der Waals surface area contributed by atoms with Gasteiger partial charge in [0.25, 0.3) is 5.91 Å². The van der Waals surface area contributed by atoms with Crippen molar-refractivity contribution in [3.05, 3.63) is 47.8 Å². The first kappa shape index (κ1) is 15.9. The van der Waals surface area contributed by atoms with Gasteiger partial charge in [-0.15, -0.1) is 13.2 Å². The van der Waals surface area contributed by atoms with Crippen molar-refractivity contribution in [2.45, 2.75) is 12.9 Å². The van der Waals surface area contributed by atoms with Gasteiger partial charge >= 0.3 is 6.36 Å². The Morgan fingerprint density at radius 2 is 1.95 bits per heavy atom. The van der Waals surface area contributed by atoms with E-state index in [1.165, 1.54) is 40.0 Å². The first-order valence-corrected chi connectivity index (χ1v) is 6.33. The summed E-state index contributed by atoms with van der Waals surface area (Å²) in [5.74, 6) is -0.513. The van der Waals surface area contributed by atoms with Gasteiger partial charge in [0, 0.05) is 26.8 Å². The molecule has 2 aromatic rings. The van der Waals surface area contributed by atoms with Crippen LogP contribution in [0.5, 0.6) is 5.75 Å². The predicted octanol–water partition coefficient (Wildman–Crippen LogP) is 2.59. The van der Waals surface area contributed by atoms with Crippen molar-refractivity contribution >= 4 is 5.91 Å². The van der Waals surface area contributed by atoms with E-state index in [1.807, 2.05) is 0 Å². The summed E-state index contributed by atoms with van der Waals surface area (Å²) in [5.41, 5.74) is 1.14. The molecule has 5 nitrogen and oxygen atoms in total. The molecule has 0 fully saturated rings. The van der Waals surface area contributed by atoms with Crippen molar-refractivity contribution in [1.82, 2.24) is 14.7 Å². The number of amides is 1. The minimum absolute atomic E-state index is 0.219. The maximum atomic E-state index is 12.1. The van der Waals surface area contributed by atoms with Crippen LogP contribution in [0.2, 0.25) is 0 Å². The van der Waals surface area contributed by atoms with Gasteiger partial charge in [-0.2, -0.15) is 5.10 Å². The highest BCUT2D eigenvalue weighted by Crippen LogP contribution is 2.23. The summed E-state index contributed by atoms with van der Waals surface area (Å²) < 4.78 is 41.5. The molecule has 0 aliphatic heterocycles. The lowest BCUT2D eigenvalue weighted by Crippen LogP contribution is -2.25. The lowest BCUT2D eigenvalue weighted by atomic mass is 10.2. The molecule has 8 heteroatoms. The molecule has 1 heterocycles. The molecule has 0 aliphatic carbocycles. The maximum absolute atomic E-state index is 12.1. The first-order valence-electron chi connectivity index (χ1n) is 6.33. The number of aromatic nitrogens is 2. The highest BCUT2D eigenvalue weighted by molar-refractivity contribution is 5.93. The monoisotopic (exact) mass is 313 g/mol. The van der Waals surface area contributed by atoms with Gasteiger partial charge < -0.3 is 9.64 Å². The number of carbonyl (C=O) groups excluding carboxylic acids is 1. The SMILES string of the molecule is CN(Cc1ccc(OC(F)(F)F)cc1)C(=O)c1cnn(C)c1. The Hall–Kier alpha value is -2.51. The van der Waals surface area contributed by atoms with Crippen LogP contribution in [0.1, 0.15) is 15.9 Å². The Labute approximate surface area is 124 Å². The summed E-state index contributed by atoms with van der Waals surface area (Å²) in [6.45, 7) is 0.264. The summed E-state index contributed by atoms with van der Waals surface area (Å²) in [5, 5.41) is 3.92. The number of hydrogen-bond acceptors (Lipinski definition) is 3. The number of benzene rings is 1. The third-order valence-corrected chi connectivity index (χ3v) is 2.88. The molecule has 1 aromatic heterocycles. The van der Waals surface area contributed by atoms with Crippen LogP contribution < -0.4 is 4.74 Å². The summed E-state index contributed by atoms with van der Waals surface area (Å²) in [6.07, 6.45) is -1.66. The van der Waals surface area contributed by atoms with E-state index in [0.717, 1.165) is 0 Å². The fourth-order valence-electron chi connectivity index (χ4n) is 1.89. The van der Waals surface area contributed by atoms with Crippen LogP contribution >= 0.6 is 0 Å². The normalized spacial score (nSPS) is 11.3. The molecule has 0 radical (unpaired) electrons. The second-order valence-corrected chi connectivity index (χ2v) is 4.76. The number of ether oxygens (including phenoxy) is 1. The van der Waals surface area contributed by atoms with Crippen LogP contribution in [-0.2, 0) is 13.6 Å². The summed E-state index contributed by atoms with van der Waals surface area (Å²) in [6, 6.07) is 5.39. The zero-order chi connectivity index (χ0) is 16.3. The van der Waals surface area contributed by atoms with E-state index in [0.29, 0.717) is 11.1 Å². The van der Waals surface area contributed by atoms with Crippen LogP contribution in [0, 0.1) is 0 Å². The molecule has 118 valence electrons. The van der Waals surface area contributed by atoms with E-state index in [4.69, 9.17) is 0 Å². The largest absolute Gasteiger partial charge is 0.573 e. The van der Waals surface area contributed by atoms with Crippen LogP contribution in [0.25, 0.3) is 0 Å². The highest BCUT2D eigenvalue weighted by Gasteiger charge is 2.30. The standard InChI is InChI=1S/C14H14F3N3O2/c1-19(13(21)11-7-18-20(2)9-11)8-10-3-5-12(6-4-10)22-14(15,16)17/h3-7,9H,8H2,1-2H3. The van der Waals surface area contributed by atoms with E-state index in [1.54, 1.807) is 20.3 Å². The molecule has 1 amide bonds. The molecule has 0 aliphatic rings. The Morgan fingerprint density at radius 3 is 2.45 bits per heavy atom. The van der Waals surface area contributed by atoms with Crippen LogP contribution in [0.3, 0.4) is 0 Å². The second-order valence-electron chi connectivity index (χ2n) is 4.76. The van der Waals surface area contributed by atoms with Crippen molar-refractivity contribution in [3.8, 4) is 5.75 Å². The minimum Gasteiger partial charge on any atom is -0.406 e. The zero-order valence-corrected chi connectivity index (χ0v) is 12.0. The molecule has 22 heavy (non-hydrogen) atoms. The fourth-order valence-corrected chi connectivity index (χ4v) is 1.89. The molecule has 1 aromatic carbocycles. The average Bonchev–Trinajstić information content (AvgIpc) is 2.85. The van der Waals surface area contributed by atoms with Gasteiger partial charge in [-0.1, -0.05) is 12.1 Å². The number of aryl methyl sites for hydroxylation is 1. The molecule has 0 spiro atoms. The molecule has 0 bridgehead atoms. The topological polar surface area (TPSA) is 47.4 Å². The molecule has 0 saturated carbocycles. The highest BCUT2D eigenvalue weighted by atomic mass is 19.4. The van der Waals surface area contributed by atoms with Crippen molar-refractivity contribution in [3.63, 3.8) is 0 Å². The van der Waals surface area contributed by atoms with E-state index in [-0.39, 0.29) is 18.2 Å². The fraction of sp³-hybridized carbons (Fsp3) is 0.286. The molecular weight excluding hydrogens is 299 g/mol. The number of nitrogens with zero attached hydrogens (tertiary/aromatic N) is 3. The van der Waals surface area contributed by atoms with Gasteiger partial charge in [-0.25, -0.2) is 0 Å². The van der Waals surface area contributed by atoms with Gasteiger partial charge in [0.15, 0.2) is 0 Å². The molecule has 0 atom stereocenters.